The first-order valence-electron chi connectivity index (χ1n) is 6.96. The Balaban J connectivity index is 2.09. The van der Waals surface area contributed by atoms with Crippen molar-refractivity contribution in [2.45, 2.75) is 18.8 Å². The van der Waals surface area contributed by atoms with Gasteiger partial charge in [-0.25, -0.2) is 0 Å². The van der Waals surface area contributed by atoms with Gasteiger partial charge in [-0.05, 0) is 31.0 Å². The largest absolute Gasteiger partial charge is 0.496 e. The van der Waals surface area contributed by atoms with E-state index in [1.54, 1.807) is 13.2 Å². The van der Waals surface area contributed by atoms with Crippen molar-refractivity contribution in [3.8, 4) is 16.9 Å². The number of methoxy groups -OCH3 is 1. The molecule has 1 saturated heterocycles. The predicted molar refractivity (Wildman–Crippen MR) is 82.8 cm³/mol. The molecule has 0 bridgehead atoms. The Hall–Kier alpha value is -1.72. The third-order valence-electron chi connectivity index (χ3n) is 3.82. The Labute approximate surface area is 128 Å². The molecule has 1 unspecified atom stereocenters. The summed E-state index contributed by atoms with van der Waals surface area (Å²) in [6.45, 7) is 1.49. The molecule has 1 fully saturated rings. The van der Waals surface area contributed by atoms with Crippen LogP contribution in [0.3, 0.4) is 0 Å². The van der Waals surface area contributed by atoms with Crippen molar-refractivity contribution >= 4 is 17.4 Å². The van der Waals surface area contributed by atoms with E-state index in [1.807, 2.05) is 12.1 Å². The molecule has 0 spiro atoms. The number of aromatic amines is 1. The van der Waals surface area contributed by atoms with Crippen molar-refractivity contribution in [2.24, 2.45) is 0 Å². The molecule has 3 rings (SSSR count). The van der Waals surface area contributed by atoms with E-state index in [0.717, 1.165) is 42.0 Å². The summed E-state index contributed by atoms with van der Waals surface area (Å²) < 4.78 is 11.0. The number of nitrogens with zero attached hydrogens (tertiary/aromatic N) is 1. The number of anilines is 1. The lowest BCUT2D eigenvalue weighted by molar-refractivity contribution is 0.0794. The number of nitrogens with one attached hydrogen (secondary N) is 1. The summed E-state index contributed by atoms with van der Waals surface area (Å²) in [7, 11) is 1.63. The van der Waals surface area contributed by atoms with Gasteiger partial charge in [0.2, 0.25) is 0 Å². The Morgan fingerprint density at radius 2 is 2.33 bits per heavy atom. The van der Waals surface area contributed by atoms with Crippen LogP contribution < -0.4 is 10.5 Å². The Bertz CT molecular complexity index is 636. The lowest BCUT2D eigenvalue weighted by Crippen LogP contribution is -2.16. The second kappa shape index (κ2) is 5.95. The van der Waals surface area contributed by atoms with Crippen LogP contribution in [0.5, 0.6) is 5.75 Å². The van der Waals surface area contributed by atoms with Crippen LogP contribution in [-0.2, 0) is 4.74 Å². The minimum atomic E-state index is 0.266. The van der Waals surface area contributed by atoms with E-state index in [0.29, 0.717) is 17.4 Å². The number of hydrogen-bond acceptors (Lipinski definition) is 4. The summed E-state index contributed by atoms with van der Waals surface area (Å²) in [5.74, 6) is 1.45. The van der Waals surface area contributed by atoms with Gasteiger partial charge in [0, 0.05) is 23.1 Å². The number of nitrogens with two attached hydrogens (primary N) is 1. The molecule has 2 heterocycles. The normalized spacial score (nSPS) is 18.7. The highest BCUT2D eigenvalue weighted by molar-refractivity contribution is 6.31. The van der Waals surface area contributed by atoms with Gasteiger partial charge in [0.25, 0.3) is 0 Å². The minimum absolute atomic E-state index is 0.266. The summed E-state index contributed by atoms with van der Waals surface area (Å²) in [6, 6.07) is 5.49. The minimum Gasteiger partial charge on any atom is -0.496 e. The Kier molecular flexibility index (Phi) is 4.03. The average molecular weight is 308 g/mol. The summed E-state index contributed by atoms with van der Waals surface area (Å²) in [4.78, 5) is 0. The van der Waals surface area contributed by atoms with E-state index in [9.17, 15) is 0 Å². The van der Waals surface area contributed by atoms with E-state index in [2.05, 4.69) is 10.2 Å². The van der Waals surface area contributed by atoms with Crippen LogP contribution in [0.1, 0.15) is 24.5 Å². The fourth-order valence-electron chi connectivity index (χ4n) is 2.79. The van der Waals surface area contributed by atoms with E-state index in [1.165, 1.54) is 0 Å². The first kappa shape index (κ1) is 14.2. The molecule has 0 aliphatic carbocycles. The van der Waals surface area contributed by atoms with E-state index >= 15 is 0 Å². The average Bonchev–Trinajstić information content (AvgIpc) is 2.89. The van der Waals surface area contributed by atoms with Crippen molar-refractivity contribution in [3.63, 3.8) is 0 Å². The van der Waals surface area contributed by atoms with Crippen LogP contribution in [0, 0.1) is 0 Å². The van der Waals surface area contributed by atoms with Gasteiger partial charge >= 0.3 is 0 Å². The zero-order chi connectivity index (χ0) is 14.8. The number of aromatic nitrogens is 2. The Morgan fingerprint density at radius 3 is 3.05 bits per heavy atom. The second-order valence-corrected chi connectivity index (χ2v) is 5.59. The highest BCUT2D eigenvalue weighted by Gasteiger charge is 2.25. The predicted octanol–water partition coefficient (Wildman–Crippen LogP) is 3.21. The summed E-state index contributed by atoms with van der Waals surface area (Å²) in [5, 5.41) is 7.87. The van der Waals surface area contributed by atoms with Crippen molar-refractivity contribution < 1.29 is 9.47 Å². The number of benzene rings is 1. The van der Waals surface area contributed by atoms with Gasteiger partial charge in [-0.1, -0.05) is 11.6 Å². The number of rotatable bonds is 3. The zero-order valence-corrected chi connectivity index (χ0v) is 12.6. The molecule has 3 N–H and O–H groups in total. The van der Waals surface area contributed by atoms with Crippen LogP contribution in [0.25, 0.3) is 11.1 Å². The maximum atomic E-state index is 6.13. The molecular formula is C15H18ClN3O2. The van der Waals surface area contributed by atoms with Crippen molar-refractivity contribution in [3.05, 3.63) is 28.9 Å². The van der Waals surface area contributed by atoms with E-state index < -0.39 is 0 Å². The molecule has 1 atom stereocenters. The number of halogens is 1. The molecule has 6 heteroatoms. The molecule has 21 heavy (non-hydrogen) atoms. The lowest BCUT2D eigenvalue weighted by atomic mass is 9.92. The van der Waals surface area contributed by atoms with Crippen LogP contribution >= 0.6 is 11.6 Å². The monoisotopic (exact) mass is 307 g/mol. The quantitative estimate of drug-likeness (QED) is 0.913. The maximum Gasteiger partial charge on any atom is 0.153 e. The van der Waals surface area contributed by atoms with Gasteiger partial charge in [-0.2, -0.15) is 5.10 Å². The molecule has 1 aromatic carbocycles. The molecule has 1 aromatic heterocycles. The third kappa shape index (κ3) is 2.71. The summed E-state index contributed by atoms with van der Waals surface area (Å²) in [5.41, 5.74) is 8.79. The Morgan fingerprint density at radius 1 is 1.48 bits per heavy atom. The van der Waals surface area contributed by atoms with Crippen LogP contribution in [0.15, 0.2) is 18.2 Å². The first-order chi connectivity index (χ1) is 10.2. The van der Waals surface area contributed by atoms with Gasteiger partial charge in [0.15, 0.2) is 5.82 Å². The van der Waals surface area contributed by atoms with E-state index in [-0.39, 0.29) is 5.92 Å². The molecule has 0 radical (unpaired) electrons. The molecule has 1 aliphatic rings. The van der Waals surface area contributed by atoms with Crippen LogP contribution in [-0.4, -0.2) is 30.5 Å². The highest BCUT2D eigenvalue weighted by atomic mass is 35.5. The maximum absolute atomic E-state index is 6.13. The van der Waals surface area contributed by atoms with Crippen LogP contribution in [0.4, 0.5) is 5.82 Å². The standard InChI is InChI=1S/C15H18ClN3O2/c1-20-12-5-4-10(16)7-11(12)13-14(18-19-15(13)17)9-3-2-6-21-8-9/h4-5,7,9H,2-3,6,8H2,1H3,(H3,17,18,19). The van der Waals surface area contributed by atoms with Gasteiger partial charge in [-0.15, -0.1) is 0 Å². The van der Waals surface area contributed by atoms with Gasteiger partial charge in [0.1, 0.15) is 5.75 Å². The molecule has 1 aliphatic heterocycles. The number of H-pyrrole nitrogens is 1. The van der Waals surface area contributed by atoms with Crippen LogP contribution in [0.2, 0.25) is 5.02 Å². The fraction of sp³-hybridized carbons (Fsp3) is 0.400. The summed E-state index contributed by atoms with van der Waals surface area (Å²) >= 11 is 6.13. The molecule has 0 saturated carbocycles. The smallest absolute Gasteiger partial charge is 0.153 e. The fourth-order valence-corrected chi connectivity index (χ4v) is 2.96. The third-order valence-corrected chi connectivity index (χ3v) is 4.06. The first-order valence-corrected chi connectivity index (χ1v) is 7.34. The van der Waals surface area contributed by atoms with E-state index in [4.69, 9.17) is 26.8 Å². The number of ether oxygens (including phenoxy) is 2. The van der Waals surface area contributed by atoms with Gasteiger partial charge in [0.05, 0.1) is 25.0 Å². The van der Waals surface area contributed by atoms with Crippen molar-refractivity contribution in [2.75, 3.05) is 26.1 Å². The molecule has 112 valence electrons. The van der Waals surface area contributed by atoms with Gasteiger partial charge in [-0.3, -0.25) is 5.10 Å². The zero-order valence-electron chi connectivity index (χ0n) is 11.9. The molecule has 2 aromatic rings. The van der Waals surface area contributed by atoms with Crippen molar-refractivity contribution in [1.29, 1.82) is 0 Å². The lowest BCUT2D eigenvalue weighted by Gasteiger charge is -2.22. The number of hydrogen-bond donors (Lipinski definition) is 2. The number of nitrogen functional groups attached to an aromatic ring is 1. The molecule has 5 nitrogen and oxygen atoms in total. The molecule has 0 amide bonds. The topological polar surface area (TPSA) is 73.2 Å². The van der Waals surface area contributed by atoms with Gasteiger partial charge < -0.3 is 15.2 Å². The summed E-state index contributed by atoms with van der Waals surface area (Å²) in [6.07, 6.45) is 2.09. The van der Waals surface area contributed by atoms with Crippen molar-refractivity contribution in [1.82, 2.24) is 10.2 Å². The highest BCUT2D eigenvalue weighted by Crippen LogP contribution is 2.41. The second-order valence-electron chi connectivity index (χ2n) is 5.16. The SMILES string of the molecule is COc1ccc(Cl)cc1-c1c(N)n[nH]c1C1CCCOC1. The molecular weight excluding hydrogens is 290 g/mol.